The maximum atomic E-state index is 12.6. The SMILES string of the molecule is CCOC(=O)c1c(NC(=O)CN2CCC[C@H](C)C2)sc(C(=O)OCCOC)c1C. The van der Waals surface area contributed by atoms with Crippen LogP contribution in [0.2, 0.25) is 0 Å². The molecular formula is C20H30N2O6S. The zero-order valence-electron chi connectivity index (χ0n) is 17.5. The van der Waals surface area contributed by atoms with Crippen LogP contribution in [-0.4, -0.2) is 69.3 Å². The number of carbonyl (C=O) groups excluding carboxylic acids is 3. The quantitative estimate of drug-likeness (QED) is 0.479. The third kappa shape index (κ3) is 6.52. The molecule has 29 heavy (non-hydrogen) atoms. The molecule has 1 aliphatic heterocycles. The number of ether oxygens (including phenoxy) is 3. The minimum atomic E-state index is -0.570. The van der Waals surface area contributed by atoms with Gasteiger partial charge in [-0.25, -0.2) is 9.59 Å². The molecule has 1 aromatic heterocycles. The van der Waals surface area contributed by atoms with Crippen molar-refractivity contribution in [2.24, 2.45) is 5.92 Å². The number of methoxy groups -OCH3 is 1. The van der Waals surface area contributed by atoms with Gasteiger partial charge in [-0.1, -0.05) is 6.92 Å². The fourth-order valence-corrected chi connectivity index (χ4v) is 4.43. The lowest BCUT2D eigenvalue weighted by Crippen LogP contribution is -2.39. The summed E-state index contributed by atoms with van der Waals surface area (Å²) in [5.74, 6) is -0.783. The number of rotatable bonds is 9. The molecule has 0 aromatic carbocycles. The summed E-state index contributed by atoms with van der Waals surface area (Å²) >= 11 is 1.03. The van der Waals surface area contributed by atoms with Crippen molar-refractivity contribution in [2.75, 3.05) is 51.9 Å². The van der Waals surface area contributed by atoms with Gasteiger partial charge in [-0.3, -0.25) is 9.69 Å². The van der Waals surface area contributed by atoms with E-state index in [0.29, 0.717) is 16.5 Å². The highest BCUT2D eigenvalue weighted by molar-refractivity contribution is 7.18. The van der Waals surface area contributed by atoms with Crippen molar-refractivity contribution in [1.29, 1.82) is 0 Å². The zero-order chi connectivity index (χ0) is 21.4. The van der Waals surface area contributed by atoms with Crippen molar-refractivity contribution in [3.8, 4) is 0 Å². The van der Waals surface area contributed by atoms with E-state index >= 15 is 0 Å². The molecule has 1 N–H and O–H groups in total. The molecule has 1 fully saturated rings. The van der Waals surface area contributed by atoms with E-state index in [1.165, 1.54) is 13.5 Å². The molecule has 162 valence electrons. The molecule has 0 spiro atoms. The Hall–Kier alpha value is -1.97. The number of anilines is 1. The van der Waals surface area contributed by atoms with Crippen molar-refractivity contribution in [3.63, 3.8) is 0 Å². The lowest BCUT2D eigenvalue weighted by molar-refractivity contribution is -0.117. The Morgan fingerprint density at radius 1 is 1.21 bits per heavy atom. The number of likely N-dealkylation sites (tertiary alicyclic amines) is 1. The van der Waals surface area contributed by atoms with Gasteiger partial charge in [0.2, 0.25) is 5.91 Å². The van der Waals surface area contributed by atoms with Crippen LogP contribution in [0.4, 0.5) is 5.00 Å². The summed E-state index contributed by atoms with van der Waals surface area (Å²) in [6, 6.07) is 0. The van der Waals surface area contributed by atoms with E-state index in [9.17, 15) is 14.4 Å². The first kappa shape index (κ1) is 23.3. The number of amides is 1. The summed E-state index contributed by atoms with van der Waals surface area (Å²) < 4.78 is 15.2. The lowest BCUT2D eigenvalue weighted by Gasteiger charge is -2.30. The fourth-order valence-electron chi connectivity index (χ4n) is 3.33. The Kier molecular flexibility index (Phi) is 9.06. The predicted octanol–water partition coefficient (Wildman–Crippen LogP) is 2.71. The summed E-state index contributed by atoms with van der Waals surface area (Å²) in [6.45, 7) is 8.11. The van der Waals surface area contributed by atoms with Gasteiger partial charge in [0.05, 0.1) is 25.3 Å². The number of nitrogens with zero attached hydrogens (tertiary/aromatic N) is 1. The number of esters is 2. The highest BCUT2D eigenvalue weighted by Crippen LogP contribution is 2.34. The van der Waals surface area contributed by atoms with Gasteiger partial charge in [-0.05, 0) is 44.7 Å². The van der Waals surface area contributed by atoms with Crippen molar-refractivity contribution >= 4 is 34.2 Å². The van der Waals surface area contributed by atoms with Crippen LogP contribution in [0.15, 0.2) is 0 Å². The van der Waals surface area contributed by atoms with Crippen molar-refractivity contribution in [3.05, 3.63) is 16.0 Å². The minimum absolute atomic E-state index is 0.107. The van der Waals surface area contributed by atoms with Crippen LogP contribution < -0.4 is 5.32 Å². The van der Waals surface area contributed by atoms with Gasteiger partial charge < -0.3 is 19.5 Å². The Bertz CT molecular complexity index is 733. The highest BCUT2D eigenvalue weighted by Gasteiger charge is 2.28. The number of thiophene rings is 1. The molecule has 2 rings (SSSR count). The van der Waals surface area contributed by atoms with E-state index in [-0.39, 0.29) is 42.7 Å². The second-order valence-corrected chi connectivity index (χ2v) is 8.16. The molecule has 1 amide bonds. The number of nitrogens with one attached hydrogen (secondary N) is 1. The van der Waals surface area contributed by atoms with Crippen LogP contribution in [0.25, 0.3) is 0 Å². The van der Waals surface area contributed by atoms with E-state index < -0.39 is 11.9 Å². The van der Waals surface area contributed by atoms with Gasteiger partial charge in [-0.2, -0.15) is 0 Å². The molecule has 0 bridgehead atoms. The minimum Gasteiger partial charge on any atom is -0.462 e. The average molecular weight is 427 g/mol. The normalized spacial score (nSPS) is 17.0. The molecule has 2 heterocycles. The molecule has 1 saturated heterocycles. The van der Waals surface area contributed by atoms with Gasteiger partial charge in [-0.15, -0.1) is 11.3 Å². The number of carbonyl (C=O) groups is 3. The molecule has 0 aliphatic carbocycles. The maximum Gasteiger partial charge on any atom is 0.348 e. The van der Waals surface area contributed by atoms with E-state index in [4.69, 9.17) is 14.2 Å². The molecule has 0 radical (unpaired) electrons. The van der Waals surface area contributed by atoms with Crippen molar-refractivity contribution in [1.82, 2.24) is 4.90 Å². The number of hydrogen-bond acceptors (Lipinski definition) is 8. The molecule has 9 heteroatoms. The smallest absolute Gasteiger partial charge is 0.348 e. The summed E-state index contributed by atoms with van der Waals surface area (Å²) in [7, 11) is 1.51. The number of hydrogen-bond donors (Lipinski definition) is 1. The highest BCUT2D eigenvalue weighted by atomic mass is 32.1. The van der Waals surface area contributed by atoms with Crippen LogP contribution in [0, 0.1) is 12.8 Å². The Balaban J connectivity index is 2.17. The van der Waals surface area contributed by atoms with Crippen LogP contribution in [-0.2, 0) is 19.0 Å². The van der Waals surface area contributed by atoms with Crippen molar-refractivity contribution in [2.45, 2.75) is 33.6 Å². The Labute approximate surface area is 175 Å². The summed E-state index contributed by atoms with van der Waals surface area (Å²) in [6.07, 6.45) is 2.24. The first-order chi connectivity index (χ1) is 13.9. The largest absolute Gasteiger partial charge is 0.462 e. The van der Waals surface area contributed by atoms with Crippen LogP contribution in [0.1, 0.15) is 52.3 Å². The van der Waals surface area contributed by atoms with Crippen LogP contribution >= 0.6 is 11.3 Å². The maximum absolute atomic E-state index is 12.6. The Morgan fingerprint density at radius 3 is 2.62 bits per heavy atom. The van der Waals surface area contributed by atoms with E-state index in [1.807, 2.05) is 0 Å². The van der Waals surface area contributed by atoms with Gasteiger partial charge >= 0.3 is 11.9 Å². The van der Waals surface area contributed by atoms with E-state index in [2.05, 4.69) is 17.1 Å². The zero-order valence-corrected chi connectivity index (χ0v) is 18.4. The van der Waals surface area contributed by atoms with Gasteiger partial charge in [0, 0.05) is 13.7 Å². The second kappa shape index (κ2) is 11.3. The van der Waals surface area contributed by atoms with E-state index in [1.54, 1.807) is 13.8 Å². The third-order valence-electron chi connectivity index (χ3n) is 4.69. The standard InChI is InChI=1S/C20H30N2O6S/c1-5-27-19(24)16-14(3)17(20(25)28-10-9-26-4)29-18(16)21-15(23)12-22-8-6-7-13(2)11-22/h13H,5-12H2,1-4H3,(H,21,23)/t13-/m0/s1. The summed E-state index contributed by atoms with van der Waals surface area (Å²) in [4.78, 5) is 39.8. The van der Waals surface area contributed by atoms with Crippen LogP contribution in [0.5, 0.6) is 0 Å². The van der Waals surface area contributed by atoms with Gasteiger partial charge in [0.1, 0.15) is 16.5 Å². The first-order valence-electron chi connectivity index (χ1n) is 9.86. The van der Waals surface area contributed by atoms with Crippen LogP contribution in [0.3, 0.4) is 0 Å². The Morgan fingerprint density at radius 2 is 1.97 bits per heavy atom. The fraction of sp³-hybridized carbons (Fsp3) is 0.650. The molecule has 1 atom stereocenters. The lowest BCUT2D eigenvalue weighted by atomic mass is 10.0. The topological polar surface area (TPSA) is 94.2 Å². The third-order valence-corrected chi connectivity index (χ3v) is 5.88. The number of piperidine rings is 1. The molecular weight excluding hydrogens is 396 g/mol. The monoisotopic (exact) mass is 426 g/mol. The molecule has 1 aromatic rings. The molecule has 8 nitrogen and oxygen atoms in total. The second-order valence-electron chi connectivity index (χ2n) is 7.14. The summed E-state index contributed by atoms with van der Waals surface area (Å²) in [5, 5.41) is 3.11. The summed E-state index contributed by atoms with van der Waals surface area (Å²) in [5.41, 5.74) is 0.647. The molecule has 0 saturated carbocycles. The van der Waals surface area contributed by atoms with E-state index in [0.717, 1.165) is 30.8 Å². The first-order valence-corrected chi connectivity index (χ1v) is 10.7. The molecule has 0 unspecified atom stereocenters. The molecule has 1 aliphatic rings. The average Bonchev–Trinajstić information content (AvgIpc) is 2.98. The van der Waals surface area contributed by atoms with Crippen molar-refractivity contribution < 1.29 is 28.6 Å². The predicted molar refractivity (Wildman–Crippen MR) is 111 cm³/mol. The van der Waals surface area contributed by atoms with Gasteiger partial charge in [0.15, 0.2) is 0 Å². The van der Waals surface area contributed by atoms with Gasteiger partial charge in [0.25, 0.3) is 0 Å².